The summed E-state index contributed by atoms with van der Waals surface area (Å²) in [5.74, 6) is 0. The van der Waals surface area contributed by atoms with Gasteiger partial charge in [-0.25, -0.2) is 4.79 Å². The first-order chi connectivity index (χ1) is 9.33. The molecule has 0 aliphatic heterocycles. The van der Waals surface area contributed by atoms with Crippen LogP contribution in [0.4, 0.5) is 10.5 Å². The Morgan fingerprint density at radius 1 is 1.50 bits per heavy atom. The van der Waals surface area contributed by atoms with Gasteiger partial charge in [-0.05, 0) is 38.6 Å². The van der Waals surface area contributed by atoms with Crippen molar-refractivity contribution >= 4 is 23.1 Å². The van der Waals surface area contributed by atoms with Crippen molar-refractivity contribution in [2.75, 3.05) is 5.73 Å². The fourth-order valence-electron chi connectivity index (χ4n) is 1.87. The topological polar surface area (TPSA) is 70.1 Å². The fraction of sp³-hybridized carbons (Fsp3) is 0.429. The number of nitrogens with zero attached hydrogens (tertiary/aromatic N) is 2. The van der Waals surface area contributed by atoms with Gasteiger partial charge in [0.15, 0.2) is 0 Å². The highest BCUT2D eigenvalue weighted by Gasteiger charge is 2.24. The van der Waals surface area contributed by atoms with E-state index in [2.05, 4.69) is 5.10 Å². The van der Waals surface area contributed by atoms with Crippen LogP contribution in [0.2, 0.25) is 0 Å². The van der Waals surface area contributed by atoms with Crippen LogP contribution in [0, 0.1) is 0 Å². The molecule has 0 aromatic carbocycles. The number of nitrogens with two attached hydrogens (primary N) is 1. The number of anilines is 1. The number of rotatable bonds is 2. The minimum Gasteiger partial charge on any atom is -0.442 e. The highest BCUT2D eigenvalue weighted by Crippen LogP contribution is 2.30. The summed E-state index contributed by atoms with van der Waals surface area (Å²) in [5.41, 5.74) is 8.33. The molecule has 0 unspecified atom stereocenters. The number of nitrogen functional groups attached to an aromatic ring is 1. The van der Waals surface area contributed by atoms with Crippen LogP contribution in [0.5, 0.6) is 0 Å². The van der Waals surface area contributed by atoms with Crippen molar-refractivity contribution in [2.24, 2.45) is 0 Å². The summed E-state index contributed by atoms with van der Waals surface area (Å²) in [5, 5.41) is 8.24. The number of ether oxygens (including phenoxy) is 1. The first-order valence-electron chi connectivity index (χ1n) is 6.46. The number of hydrogen-bond donors (Lipinski definition) is 1. The Kier molecular flexibility index (Phi) is 3.85. The Balaban J connectivity index is 2.44. The minimum absolute atomic E-state index is 0.498. The number of hydrogen-bond acceptors (Lipinski definition) is 5. The third-order valence-electron chi connectivity index (χ3n) is 2.72. The van der Waals surface area contributed by atoms with Gasteiger partial charge >= 0.3 is 6.09 Å². The van der Waals surface area contributed by atoms with E-state index >= 15 is 0 Å². The van der Waals surface area contributed by atoms with E-state index in [0.29, 0.717) is 23.5 Å². The van der Waals surface area contributed by atoms with Gasteiger partial charge in [-0.3, -0.25) is 0 Å². The first kappa shape index (κ1) is 14.6. The number of aromatic nitrogens is 2. The molecule has 0 aliphatic rings. The highest BCUT2D eigenvalue weighted by molar-refractivity contribution is 7.08. The maximum atomic E-state index is 12.2. The molecule has 20 heavy (non-hydrogen) atoms. The Morgan fingerprint density at radius 3 is 2.70 bits per heavy atom. The van der Waals surface area contributed by atoms with Crippen LogP contribution in [0.25, 0.3) is 11.3 Å². The third kappa shape index (κ3) is 2.85. The summed E-state index contributed by atoms with van der Waals surface area (Å²) in [6, 6.07) is 1.93. The van der Waals surface area contributed by atoms with Crippen molar-refractivity contribution < 1.29 is 9.53 Å². The van der Waals surface area contributed by atoms with Crippen molar-refractivity contribution in [2.45, 2.75) is 39.7 Å². The summed E-state index contributed by atoms with van der Waals surface area (Å²) in [4.78, 5) is 12.2. The first-order valence-corrected chi connectivity index (χ1v) is 7.41. The number of carbonyl (C=O) groups excluding carboxylic acids is 1. The molecule has 2 aromatic rings. The zero-order valence-corrected chi connectivity index (χ0v) is 13.0. The van der Waals surface area contributed by atoms with Crippen LogP contribution in [0.1, 0.15) is 33.4 Å². The predicted molar refractivity (Wildman–Crippen MR) is 81.0 cm³/mol. The molecule has 0 saturated heterocycles. The van der Waals surface area contributed by atoms with Gasteiger partial charge in [-0.2, -0.15) is 21.1 Å². The summed E-state index contributed by atoms with van der Waals surface area (Å²) < 4.78 is 6.63. The average molecular weight is 293 g/mol. The number of thiophene rings is 1. The van der Waals surface area contributed by atoms with Gasteiger partial charge in [-0.1, -0.05) is 6.92 Å². The zero-order chi connectivity index (χ0) is 14.9. The molecule has 2 rings (SSSR count). The largest absolute Gasteiger partial charge is 0.442 e. The van der Waals surface area contributed by atoms with Crippen LogP contribution >= 0.6 is 11.3 Å². The third-order valence-corrected chi connectivity index (χ3v) is 3.40. The molecular formula is C14H19N3O2S. The van der Waals surface area contributed by atoms with Gasteiger partial charge < -0.3 is 10.5 Å². The summed E-state index contributed by atoms with van der Waals surface area (Å²) in [7, 11) is 0. The molecule has 0 bridgehead atoms. The molecule has 0 radical (unpaired) electrons. The number of carbonyl (C=O) groups is 1. The maximum absolute atomic E-state index is 12.2. The van der Waals surface area contributed by atoms with Gasteiger partial charge in [0.2, 0.25) is 0 Å². The van der Waals surface area contributed by atoms with Gasteiger partial charge in [0, 0.05) is 10.9 Å². The van der Waals surface area contributed by atoms with E-state index in [0.717, 1.165) is 5.56 Å². The molecule has 0 saturated carbocycles. The second-order valence-corrected chi connectivity index (χ2v) is 6.25. The molecule has 0 atom stereocenters. The Morgan fingerprint density at radius 2 is 2.20 bits per heavy atom. The highest BCUT2D eigenvalue weighted by atomic mass is 32.1. The maximum Gasteiger partial charge on any atom is 0.435 e. The quantitative estimate of drug-likeness (QED) is 0.919. The second-order valence-electron chi connectivity index (χ2n) is 5.47. The van der Waals surface area contributed by atoms with E-state index in [1.54, 1.807) is 11.3 Å². The molecule has 2 heterocycles. The lowest BCUT2D eigenvalue weighted by Crippen LogP contribution is -2.28. The summed E-state index contributed by atoms with van der Waals surface area (Å²) in [6.07, 6.45) is 0.116. The van der Waals surface area contributed by atoms with E-state index in [-0.39, 0.29) is 0 Å². The lowest BCUT2D eigenvalue weighted by molar-refractivity contribution is 0.0510. The van der Waals surface area contributed by atoms with E-state index in [1.807, 2.05) is 44.5 Å². The van der Waals surface area contributed by atoms with Crippen molar-refractivity contribution in [3.05, 3.63) is 22.5 Å². The Labute approximate surface area is 122 Å². The predicted octanol–water partition coefficient (Wildman–Crippen LogP) is 3.54. The summed E-state index contributed by atoms with van der Waals surface area (Å²) >= 11 is 1.56. The van der Waals surface area contributed by atoms with Crippen molar-refractivity contribution in [1.82, 2.24) is 9.78 Å². The van der Waals surface area contributed by atoms with Crippen LogP contribution in [0.15, 0.2) is 16.8 Å². The monoisotopic (exact) mass is 293 g/mol. The lowest BCUT2D eigenvalue weighted by atomic mass is 10.2. The minimum atomic E-state index is -0.564. The Bertz CT molecular complexity index is 609. The molecule has 2 aromatic heterocycles. The van der Waals surface area contributed by atoms with Crippen LogP contribution in [0.3, 0.4) is 0 Å². The van der Waals surface area contributed by atoms with E-state index < -0.39 is 11.7 Å². The normalized spacial score (nSPS) is 11.6. The van der Waals surface area contributed by atoms with E-state index in [4.69, 9.17) is 10.5 Å². The molecule has 6 heteroatoms. The molecule has 108 valence electrons. The second kappa shape index (κ2) is 5.28. The van der Waals surface area contributed by atoms with Crippen LogP contribution < -0.4 is 5.73 Å². The fourth-order valence-corrected chi connectivity index (χ4v) is 2.51. The Hall–Kier alpha value is -1.82. The van der Waals surface area contributed by atoms with Crippen molar-refractivity contribution in [1.29, 1.82) is 0 Å². The lowest BCUT2D eigenvalue weighted by Gasteiger charge is -2.19. The standard InChI is InChI=1S/C14H19N3O2S/c1-5-10-11(15)12(9-6-7-20-8-9)16-17(10)13(18)19-14(2,3)4/h6-8H,5,15H2,1-4H3. The summed E-state index contributed by atoms with van der Waals surface area (Å²) in [6.45, 7) is 7.40. The van der Waals surface area contributed by atoms with Gasteiger partial charge in [0.25, 0.3) is 0 Å². The van der Waals surface area contributed by atoms with E-state index in [1.165, 1.54) is 4.68 Å². The van der Waals surface area contributed by atoms with E-state index in [9.17, 15) is 4.79 Å². The molecule has 0 fully saturated rings. The molecule has 5 nitrogen and oxygen atoms in total. The molecule has 0 amide bonds. The van der Waals surface area contributed by atoms with Gasteiger partial charge in [-0.15, -0.1) is 0 Å². The SMILES string of the molecule is CCc1c(N)c(-c2ccsc2)nn1C(=O)OC(C)(C)C. The smallest absolute Gasteiger partial charge is 0.435 e. The zero-order valence-electron chi connectivity index (χ0n) is 12.1. The molecule has 2 N–H and O–H groups in total. The van der Waals surface area contributed by atoms with Crippen molar-refractivity contribution in [3.8, 4) is 11.3 Å². The molecule has 0 aliphatic carbocycles. The molecule has 0 spiro atoms. The van der Waals surface area contributed by atoms with Gasteiger partial charge in [0.1, 0.15) is 11.3 Å². The van der Waals surface area contributed by atoms with Crippen LogP contribution in [-0.2, 0) is 11.2 Å². The average Bonchev–Trinajstić information content (AvgIpc) is 2.93. The van der Waals surface area contributed by atoms with Crippen molar-refractivity contribution in [3.63, 3.8) is 0 Å². The molecular weight excluding hydrogens is 274 g/mol. The van der Waals surface area contributed by atoms with Gasteiger partial charge in [0.05, 0.1) is 11.4 Å². The van der Waals surface area contributed by atoms with Crippen LogP contribution in [-0.4, -0.2) is 21.5 Å².